The van der Waals surface area contributed by atoms with E-state index in [1.54, 1.807) is 14.2 Å². The number of methoxy groups -OCH3 is 2. The molecule has 0 aliphatic carbocycles. The van der Waals surface area contributed by atoms with E-state index in [-0.39, 0.29) is 5.60 Å². The van der Waals surface area contributed by atoms with Crippen molar-refractivity contribution in [1.29, 1.82) is 0 Å². The van der Waals surface area contributed by atoms with Crippen LogP contribution in [-0.2, 0) is 4.74 Å². The fourth-order valence-corrected chi connectivity index (χ4v) is 2.67. The highest BCUT2D eigenvalue weighted by Crippen LogP contribution is 2.38. The number of hydrogen-bond donors (Lipinski definition) is 0. The number of hydrogen-bond acceptors (Lipinski definition) is 3. The molecule has 0 fully saturated rings. The van der Waals surface area contributed by atoms with Crippen LogP contribution in [0.4, 0.5) is 0 Å². The molecule has 24 heavy (non-hydrogen) atoms. The number of benzene rings is 2. The van der Waals surface area contributed by atoms with Gasteiger partial charge in [-0.15, -0.1) is 0 Å². The van der Waals surface area contributed by atoms with Gasteiger partial charge in [0.25, 0.3) is 0 Å². The van der Waals surface area contributed by atoms with Crippen LogP contribution in [0.15, 0.2) is 60.2 Å². The molecule has 2 aromatic rings. The minimum absolute atomic E-state index is 0.366. The molecule has 124 valence electrons. The average Bonchev–Trinajstić information content (AvgIpc) is 2.90. The van der Waals surface area contributed by atoms with Gasteiger partial charge >= 0.3 is 0 Å². The Morgan fingerprint density at radius 2 is 1.38 bits per heavy atom. The number of ether oxygens (including phenoxy) is 3. The third kappa shape index (κ3) is 3.30. The van der Waals surface area contributed by atoms with Crippen LogP contribution in [0.3, 0.4) is 0 Å². The molecule has 0 bridgehead atoms. The summed E-state index contributed by atoms with van der Waals surface area (Å²) in [6.07, 6.45) is 4.25. The Hall–Kier alpha value is -2.68. The molecule has 0 unspecified atom stereocenters. The molecule has 0 saturated heterocycles. The minimum atomic E-state index is -0.366. The Morgan fingerprint density at radius 1 is 0.833 bits per heavy atom. The normalized spacial score (nSPS) is 17.3. The maximum absolute atomic E-state index is 6.17. The zero-order valence-corrected chi connectivity index (χ0v) is 14.5. The zero-order valence-electron chi connectivity index (χ0n) is 14.5. The summed E-state index contributed by atoms with van der Waals surface area (Å²) in [6, 6.07) is 15.9. The first-order valence-electron chi connectivity index (χ1n) is 7.93. The molecule has 0 atom stereocenters. The summed E-state index contributed by atoms with van der Waals surface area (Å²) in [5.74, 6) is 2.57. The van der Waals surface area contributed by atoms with Crippen LogP contribution >= 0.6 is 0 Å². The summed E-state index contributed by atoms with van der Waals surface area (Å²) >= 11 is 0. The largest absolute Gasteiger partial charge is 0.497 e. The second-order valence-corrected chi connectivity index (χ2v) is 6.22. The van der Waals surface area contributed by atoms with Gasteiger partial charge < -0.3 is 14.2 Å². The fourth-order valence-electron chi connectivity index (χ4n) is 2.67. The maximum atomic E-state index is 6.17. The Labute approximate surface area is 143 Å². The van der Waals surface area contributed by atoms with Crippen LogP contribution < -0.4 is 9.47 Å². The predicted octanol–water partition coefficient (Wildman–Crippen LogP) is 4.94. The van der Waals surface area contributed by atoms with Crippen molar-refractivity contribution in [2.45, 2.75) is 19.4 Å². The lowest BCUT2D eigenvalue weighted by atomic mass is 9.97. The molecule has 0 N–H and O–H groups in total. The highest BCUT2D eigenvalue weighted by molar-refractivity contribution is 5.73. The molecule has 0 saturated carbocycles. The van der Waals surface area contributed by atoms with Crippen molar-refractivity contribution in [3.63, 3.8) is 0 Å². The maximum Gasteiger partial charge on any atom is 0.129 e. The molecule has 1 aliphatic rings. The summed E-state index contributed by atoms with van der Waals surface area (Å²) in [4.78, 5) is 0. The van der Waals surface area contributed by atoms with E-state index in [9.17, 15) is 0 Å². The van der Waals surface area contributed by atoms with Gasteiger partial charge in [0.05, 0.1) is 14.2 Å². The predicted molar refractivity (Wildman–Crippen MR) is 97.1 cm³/mol. The van der Waals surface area contributed by atoms with E-state index >= 15 is 0 Å². The van der Waals surface area contributed by atoms with Crippen LogP contribution in [0, 0.1) is 0 Å². The van der Waals surface area contributed by atoms with E-state index in [1.807, 2.05) is 48.5 Å². The van der Waals surface area contributed by atoms with E-state index in [0.717, 1.165) is 34.0 Å². The van der Waals surface area contributed by atoms with E-state index in [1.165, 1.54) is 0 Å². The smallest absolute Gasteiger partial charge is 0.129 e. The molecule has 3 nitrogen and oxygen atoms in total. The second-order valence-electron chi connectivity index (χ2n) is 6.22. The van der Waals surface area contributed by atoms with E-state index in [4.69, 9.17) is 14.2 Å². The molecule has 0 aromatic heterocycles. The number of rotatable bonds is 4. The van der Waals surface area contributed by atoms with Crippen LogP contribution in [0.25, 0.3) is 11.8 Å². The first-order valence-corrected chi connectivity index (χ1v) is 7.93. The highest BCUT2D eigenvalue weighted by atomic mass is 16.5. The Bertz CT molecular complexity index is 766. The first-order chi connectivity index (χ1) is 11.5. The summed E-state index contributed by atoms with van der Waals surface area (Å²) < 4.78 is 16.6. The average molecular weight is 322 g/mol. The van der Waals surface area contributed by atoms with Crippen molar-refractivity contribution in [3.8, 4) is 11.5 Å². The summed E-state index contributed by atoms with van der Waals surface area (Å²) in [5, 5.41) is 0. The minimum Gasteiger partial charge on any atom is -0.497 e. The summed E-state index contributed by atoms with van der Waals surface area (Å²) in [7, 11) is 3.34. The molecule has 3 rings (SSSR count). The van der Waals surface area contributed by atoms with Gasteiger partial charge in [-0.3, -0.25) is 0 Å². The highest BCUT2D eigenvalue weighted by Gasteiger charge is 2.31. The van der Waals surface area contributed by atoms with Gasteiger partial charge in [0, 0.05) is 5.56 Å². The van der Waals surface area contributed by atoms with Gasteiger partial charge in [0.1, 0.15) is 22.9 Å². The van der Waals surface area contributed by atoms with E-state index < -0.39 is 0 Å². The van der Waals surface area contributed by atoms with Crippen molar-refractivity contribution >= 4 is 11.8 Å². The van der Waals surface area contributed by atoms with Gasteiger partial charge in [-0.05, 0) is 73.5 Å². The fraction of sp³-hybridized carbons (Fsp3) is 0.238. The molecular formula is C21H22O3. The lowest BCUT2D eigenvalue weighted by Gasteiger charge is -2.22. The van der Waals surface area contributed by atoms with Gasteiger partial charge in [0.15, 0.2) is 0 Å². The Morgan fingerprint density at radius 3 is 1.92 bits per heavy atom. The molecular weight excluding hydrogens is 300 g/mol. The summed E-state index contributed by atoms with van der Waals surface area (Å²) in [6.45, 7) is 4.16. The van der Waals surface area contributed by atoms with Crippen LogP contribution in [0.5, 0.6) is 11.5 Å². The lowest BCUT2D eigenvalue weighted by molar-refractivity contribution is 0.134. The van der Waals surface area contributed by atoms with Crippen molar-refractivity contribution in [2.75, 3.05) is 14.2 Å². The summed E-state index contributed by atoms with van der Waals surface area (Å²) in [5.41, 5.74) is 2.94. The molecule has 0 spiro atoms. The first kappa shape index (κ1) is 16.2. The monoisotopic (exact) mass is 322 g/mol. The van der Waals surface area contributed by atoms with Gasteiger partial charge in [-0.2, -0.15) is 0 Å². The van der Waals surface area contributed by atoms with Gasteiger partial charge in [0.2, 0.25) is 0 Å². The Kier molecular flexibility index (Phi) is 4.34. The third-order valence-corrected chi connectivity index (χ3v) is 4.16. The molecule has 0 radical (unpaired) electrons. The van der Waals surface area contributed by atoms with Gasteiger partial charge in [-0.25, -0.2) is 0 Å². The third-order valence-electron chi connectivity index (χ3n) is 4.16. The molecule has 1 heterocycles. The topological polar surface area (TPSA) is 27.7 Å². The SMILES string of the molecule is COc1ccc(/C=C2/C=C(c3ccc(OC)cc3)OC2(C)C)cc1. The Balaban J connectivity index is 1.90. The standard InChI is InChI=1S/C21H22O3/c1-21(2)17(13-15-5-9-18(22-3)10-6-15)14-20(24-21)16-7-11-19(23-4)12-8-16/h5-14H,1-4H3/b17-13-. The van der Waals surface area contributed by atoms with Crippen molar-refractivity contribution in [1.82, 2.24) is 0 Å². The second kappa shape index (κ2) is 6.44. The van der Waals surface area contributed by atoms with Gasteiger partial charge in [-0.1, -0.05) is 12.1 Å². The molecule has 2 aromatic carbocycles. The lowest BCUT2D eigenvalue weighted by Crippen LogP contribution is -2.20. The molecule has 1 aliphatic heterocycles. The van der Waals surface area contributed by atoms with E-state index in [0.29, 0.717) is 0 Å². The van der Waals surface area contributed by atoms with Crippen LogP contribution in [-0.4, -0.2) is 19.8 Å². The quantitative estimate of drug-likeness (QED) is 0.798. The molecule has 0 amide bonds. The van der Waals surface area contributed by atoms with Crippen LogP contribution in [0.2, 0.25) is 0 Å². The molecule has 3 heteroatoms. The van der Waals surface area contributed by atoms with Crippen molar-refractivity contribution < 1.29 is 14.2 Å². The zero-order chi connectivity index (χ0) is 17.2. The van der Waals surface area contributed by atoms with Crippen molar-refractivity contribution in [2.24, 2.45) is 0 Å². The van der Waals surface area contributed by atoms with Crippen molar-refractivity contribution in [3.05, 3.63) is 71.3 Å². The van der Waals surface area contributed by atoms with E-state index in [2.05, 4.69) is 26.0 Å². The van der Waals surface area contributed by atoms with Crippen LogP contribution in [0.1, 0.15) is 25.0 Å².